The highest BCUT2D eigenvalue weighted by molar-refractivity contribution is 7.98. The van der Waals surface area contributed by atoms with Crippen LogP contribution in [-0.4, -0.2) is 43.0 Å². The molecule has 0 spiro atoms. The van der Waals surface area contributed by atoms with E-state index in [1.54, 1.807) is 24.3 Å². The number of carbonyl (C=O) groups is 1. The Kier molecular flexibility index (Phi) is 6.29. The van der Waals surface area contributed by atoms with Crippen molar-refractivity contribution >= 4 is 54.4 Å². The average molecular weight is 484 g/mol. The fourth-order valence-electron chi connectivity index (χ4n) is 3.47. The normalized spacial score (nSPS) is 16.0. The first-order chi connectivity index (χ1) is 14.8. The molecule has 6 nitrogen and oxygen atoms in total. The summed E-state index contributed by atoms with van der Waals surface area (Å²) in [6.07, 6.45) is 2.64. The monoisotopic (exact) mass is 483 g/mol. The first kappa shape index (κ1) is 22.1. The van der Waals surface area contributed by atoms with Gasteiger partial charge in [-0.25, -0.2) is 22.2 Å². The smallest absolute Gasteiger partial charge is 0.243 e. The minimum atomic E-state index is -3.62. The third-order valence-electron chi connectivity index (χ3n) is 5.17. The number of rotatable bonds is 5. The van der Waals surface area contributed by atoms with Crippen molar-refractivity contribution in [2.45, 2.75) is 22.6 Å². The van der Waals surface area contributed by atoms with E-state index in [0.29, 0.717) is 17.5 Å². The lowest BCUT2D eigenvalue weighted by molar-refractivity contribution is -0.120. The lowest BCUT2D eigenvalue weighted by atomic mass is 9.97. The molecule has 1 fully saturated rings. The number of piperidine rings is 1. The number of aromatic nitrogens is 1. The van der Waals surface area contributed by atoms with Crippen LogP contribution in [0.5, 0.6) is 0 Å². The van der Waals surface area contributed by atoms with Gasteiger partial charge in [0.05, 0.1) is 9.60 Å². The summed E-state index contributed by atoms with van der Waals surface area (Å²) in [4.78, 5) is 17.9. The molecule has 1 N–H and O–H groups in total. The first-order valence-electron chi connectivity index (χ1n) is 9.48. The number of fused-ring (bicyclic) bond motifs is 1. The molecule has 31 heavy (non-hydrogen) atoms. The molecule has 4 rings (SSSR count). The summed E-state index contributed by atoms with van der Waals surface area (Å²) in [7, 11) is -3.62. The summed E-state index contributed by atoms with van der Waals surface area (Å²) >= 11 is 2.53. The van der Waals surface area contributed by atoms with Crippen molar-refractivity contribution in [1.29, 1.82) is 0 Å². The Morgan fingerprint density at radius 3 is 2.52 bits per heavy atom. The Morgan fingerprint density at radius 2 is 1.87 bits per heavy atom. The number of carbonyl (C=O) groups excluding carboxylic acids is 1. The highest BCUT2D eigenvalue weighted by atomic mass is 32.2. The van der Waals surface area contributed by atoms with Crippen LogP contribution in [0.15, 0.2) is 46.2 Å². The summed E-state index contributed by atoms with van der Waals surface area (Å²) in [6, 6.07) is 8.64. The Balaban J connectivity index is 1.40. The van der Waals surface area contributed by atoms with E-state index >= 15 is 0 Å². The predicted octanol–water partition coefficient (Wildman–Crippen LogP) is 4.34. The molecule has 0 radical (unpaired) electrons. The number of sulfonamides is 1. The summed E-state index contributed by atoms with van der Waals surface area (Å²) in [5, 5.41) is 2.84. The molecule has 0 unspecified atom stereocenters. The molecule has 1 aliphatic heterocycles. The maximum Gasteiger partial charge on any atom is 0.243 e. The Bertz CT molecular complexity index is 1220. The van der Waals surface area contributed by atoms with E-state index in [1.807, 2.05) is 6.26 Å². The number of thioether (sulfide) groups is 1. The van der Waals surface area contributed by atoms with Crippen molar-refractivity contribution < 1.29 is 22.0 Å². The second-order valence-electron chi connectivity index (χ2n) is 7.10. The highest BCUT2D eigenvalue weighted by Crippen LogP contribution is 2.30. The molecule has 0 bridgehead atoms. The largest absolute Gasteiger partial charge is 0.302 e. The van der Waals surface area contributed by atoms with Gasteiger partial charge in [-0.1, -0.05) is 11.3 Å². The van der Waals surface area contributed by atoms with Gasteiger partial charge in [-0.2, -0.15) is 4.31 Å². The quantitative estimate of drug-likeness (QED) is 0.547. The average Bonchev–Trinajstić information content (AvgIpc) is 3.16. The molecule has 2 heterocycles. The molecular weight excluding hydrogens is 464 g/mol. The minimum Gasteiger partial charge on any atom is -0.302 e. The number of hydrogen-bond acceptors (Lipinski definition) is 6. The van der Waals surface area contributed by atoms with Gasteiger partial charge in [-0.15, -0.1) is 11.8 Å². The minimum absolute atomic E-state index is 0.00936. The topological polar surface area (TPSA) is 79.4 Å². The van der Waals surface area contributed by atoms with Crippen LogP contribution in [0, 0.1) is 17.6 Å². The molecule has 1 aromatic heterocycles. The summed E-state index contributed by atoms with van der Waals surface area (Å²) in [5.41, 5.74) is 0.00936. The van der Waals surface area contributed by atoms with Crippen LogP contribution < -0.4 is 5.32 Å². The zero-order chi connectivity index (χ0) is 22.2. The predicted molar refractivity (Wildman–Crippen MR) is 118 cm³/mol. The van der Waals surface area contributed by atoms with Crippen molar-refractivity contribution in [2.24, 2.45) is 5.92 Å². The second-order valence-corrected chi connectivity index (χ2v) is 10.9. The number of nitrogens with zero attached hydrogens (tertiary/aromatic N) is 2. The third-order valence-corrected chi connectivity index (χ3v) is 8.74. The maximum absolute atomic E-state index is 13.8. The number of thiazole rings is 1. The van der Waals surface area contributed by atoms with Gasteiger partial charge in [0, 0.05) is 30.0 Å². The van der Waals surface area contributed by atoms with Crippen LogP contribution in [0.25, 0.3) is 10.2 Å². The summed E-state index contributed by atoms with van der Waals surface area (Å²) in [6.45, 7) is 0.453. The Morgan fingerprint density at radius 1 is 1.19 bits per heavy atom. The molecule has 0 saturated carbocycles. The summed E-state index contributed by atoms with van der Waals surface area (Å²) in [5.74, 6) is -2.18. The van der Waals surface area contributed by atoms with E-state index in [-0.39, 0.29) is 40.5 Å². The molecule has 1 saturated heterocycles. The number of anilines is 1. The van der Waals surface area contributed by atoms with Gasteiger partial charge in [0.25, 0.3) is 0 Å². The Labute approximate surface area is 186 Å². The lowest BCUT2D eigenvalue weighted by Gasteiger charge is -2.30. The number of amides is 1. The standard InChI is InChI=1S/C20H19F2N3O3S3/c1-29-14-2-4-15(5-3-14)31(27,28)25-8-6-12(7-9-25)19(26)24-20-23-18-16(22)10-13(21)11-17(18)30-20/h2-5,10-12H,6-9H2,1H3,(H,23,24,26). The number of halogens is 2. The van der Waals surface area contributed by atoms with E-state index < -0.39 is 21.7 Å². The van der Waals surface area contributed by atoms with Gasteiger partial charge in [-0.05, 0) is 49.4 Å². The zero-order valence-electron chi connectivity index (χ0n) is 16.5. The van der Waals surface area contributed by atoms with Gasteiger partial charge in [0.1, 0.15) is 11.3 Å². The van der Waals surface area contributed by atoms with E-state index in [2.05, 4.69) is 10.3 Å². The fourth-order valence-corrected chi connectivity index (χ4v) is 6.26. The number of benzene rings is 2. The molecule has 164 valence electrons. The van der Waals surface area contributed by atoms with Gasteiger partial charge in [0.15, 0.2) is 10.9 Å². The summed E-state index contributed by atoms with van der Waals surface area (Å²) < 4.78 is 54.6. The van der Waals surface area contributed by atoms with Gasteiger partial charge in [0.2, 0.25) is 15.9 Å². The van der Waals surface area contributed by atoms with E-state index in [1.165, 1.54) is 22.1 Å². The van der Waals surface area contributed by atoms with Crippen molar-refractivity contribution in [3.63, 3.8) is 0 Å². The molecule has 0 atom stereocenters. The SMILES string of the molecule is CSc1ccc(S(=O)(=O)N2CCC(C(=O)Nc3nc4c(F)cc(F)cc4s3)CC2)cc1. The molecule has 2 aromatic carbocycles. The molecular formula is C20H19F2N3O3S3. The van der Waals surface area contributed by atoms with E-state index in [0.717, 1.165) is 22.3 Å². The zero-order valence-corrected chi connectivity index (χ0v) is 18.9. The third kappa shape index (κ3) is 4.59. The lowest BCUT2D eigenvalue weighted by Crippen LogP contribution is -2.41. The van der Waals surface area contributed by atoms with Gasteiger partial charge in [-0.3, -0.25) is 4.79 Å². The van der Waals surface area contributed by atoms with Crippen molar-refractivity contribution in [1.82, 2.24) is 9.29 Å². The van der Waals surface area contributed by atoms with Crippen LogP contribution in [0.1, 0.15) is 12.8 Å². The van der Waals surface area contributed by atoms with E-state index in [9.17, 15) is 22.0 Å². The Hall–Kier alpha value is -2.08. The van der Waals surface area contributed by atoms with Crippen LogP contribution >= 0.6 is 23.1 Å². The fraction of sp³-hybridized carbons (Fsp3) is 0.300. The first-order valence-corrected chi connectivity index (χ1v) is 13.0. The molecule has 1 amide bonds. The van der Waals surface area contributed by atoms with Gasteiger partial charge < -0.3 is 5.32 Å². The number of nitrogens with one attached hydrogen (secondary N) is 1. The maximum atomic E-state index is 13.8. The molecule has 1 aliphatic rings. The molecule has 0 aliphatic carbocycles. The van der Waals surface area contributed by atoms with Crippen molar-refractivity contribution in [3.8, 4) is 0 Å². The van der Waals surface area contributed by atoms with Crippen LogP contribution in [0.2, 0.25) is 0 Å². The van der Waals surface area contributed by atoms with Crippen LogP contribution in [-0.2, 0) is 14.8 Å². The second kappa shape index (κ2) is 8.81. The highest BCUT2D eigenvalue weighted by Gasteiger charge is 2.32. The van der Waals surface area contributed by atoms with Crippen molar-refractivity contribution in [3.05, 3.63) is 48.0 Å². The van der Waals surface area contributed by atoms with Gasteiger partial charge >= 0.3 is 0 Å². The van der Waals surface area contributed by atoms with Crippen LogP contribution in [0.4, 0.5) is 13.9 Å². The van der Waals surface area contributed by atoms with E-state index in [4.69, 9.17) is 0 Å². The molecule has 11 heteroatoms. The number of hydrogen-bond donors (Lipinski definition) is 1. The van der Waals surface area contributed by atoms with Crippen molar-refractivity contribution in [2.75, 3.05) is 24.7 Å². The molecule has 3 aromatic rings. The van der Waals surface area contributed by atoms with Crippen LogP contribution in [0.3, 0.4) is 0 Å².